The lowest BCUT2D eigenvalue weighted by molar-refractivity contribution is -0.141. The summed E-state index contributed by atoms with van der Waals surface area (Å²) in [5, 5.41) is 6.81. The molecule has 2 rings (SSSR count). The summed E-state index contributed by atoms with van der Waals surface area (Å²) in [6.07, 6.45) is 3.52. The van der Waals surface area contributed by atoms with Crippen molar-refractivity contribution >= 4 is 17.5 Å². The van der Waals surface area contributed by atoms with Gasteiger partial charge in [-0.15, -0.1) is 0 Å². The Morgan fingerprint density at radius 3 is 2.83 bits per heavy atom. The van der Waals surface area contributed by atoms with Crippen LogP contribution in [0.1, 0.15) is 31.2 Å². The molecule has 0 atom stereocenters. The summed E-state index contributed by atoms with van der Waals surface area (Å²) in [5.41, 5.74) is 8.95. The van der Waals surface area contributed by atoms with Crippen LogP contribution in [0.3, 0.4) is 0 Å². The van der Waals surface area contributed by atoms with Crippen LogP contribution < -0.4 is 11.1 Å². The average Bonchev–Trinajstić information content (AvgIpc) is 2.85. The highest BCUT2D eigenvalue weighted by atomic mass is 16.5. The van der Waals surface area contributed by atoms with E-state index in [0.29, 0.717) is 23.9 Å². The van der Waals surface area contributed by atoms with Crippen LogP contribution in [-0.2, 0) is 9.53 Å². The molecule has 0 aliphatic carbocycles. The molecule has 0 bridgehead atoms. The zero-order valence-electron chi connectivity index (χ0n) is 13.7. The molecule has 0 unspecified atom stereocenters. The molecular formula is C16H22N4O3. The number of anilines is 2. The number of pyridine rings is 1. The standard InChI is InChI=1S/C16H22N4O3/c1-4-5-6-22-14(21)9-19-16-13(17)7-12(8-18-16)15-10(2)20-23-11(15)3/h7-8H,4-6,9,17H2,1-3H3,(H,18,19). The lowest BCUT2D eigenvalue weighted by Crippen LogP contribution is -2.18. The molecule has 0 aliphatic heterocycles. The van der Waals surface area contributed by atoms with Crippen molar-refractivity contribution < 1.29 is 14.1 Å². The smallest absolute Gasteiger partial charge is 0.325 e. The number of ether oxygens (including phenoxy) is 1. The fourth-order valence-electron chi connectivity index (χ4n) is 2.20. The Morgan fingerprint density at radius 1 is 1.43 bits per heavy atom. The number of rotatable bonds is 7. The van der Waals surface area contributed by atoms with Gasteiger partial charge in [0.2, 0.25) is 0 Å². The monoisotopic (exact) mass is 318 g/mol. The summed E-state index contributed by atoms with van der Waals surface area (Å²) in [4.78, 5) is 15.8. The molecule has 124 valence electrons. The number of carbonyl (C=O) groups is 1. The number of aryl methyl sites for hydroxylation is 2. The minimum atomic E-state index is -0.325. The molecule has 2 heterocycles. The average molecular weight is 318 g/mol. The highest BCUT2D eigenvalue weighted by Gasteiger charge is 2.14. The first-order valence-corrected chi connectivity index (χ1v) is 7.61. The van der Waals surface area contributed by atoms with Crippen molar-refractivity contribution in [2.45, 2.75) is 33.6 Å². The fourth-order valence-corrected chi connectivity index (χ4v) is 2.20. The quantitative estimate of drug-likeness (QED) is 0.597. The van der Waals surface area contributed by atoms with Gasteiger partial charge in [-0.05, 0) is 26.3 Å². The number of nitrogens with zero attached hydrogens (tertiary/aromatic N) is 2. The van der Waals surface area contributed by atoms with E-state index >= 15 is 0 Å². The Labute approximate surface area is 135 Å². The minimum absolute atomic E-state index is 0.0333. The second-order valence-corrected chi connectivity index (χ2v) is 5.29. The van der Waals surface area contributed by atoms with E-state index in [1.807, 2.05) is 20.8 Å². The van der Waals surface area contributed by atoms with Crippen molar-refractivity contribution in [1.29, 1.82) is 0 Å². The number of nitrogen functional groups attached to an aromatic ring is 1. The molecule has 2 aromatic heterocycles. The van der Waals surface area contributed by atoms with Crippen LogP contribution in [-0.4, -0.2) is 29.3 Å². The molecule has 0 fully saturated rings. The molecule has 3 N–H and O–H groups in total. The van der Waals surface area contributed by atoms with E-state index in [2.05, 4.69) is 15.5 Å². The maximum absolute atomic E-state index is 11.6. The molecule has 0 saturated heterocycles. The second kappa shape index (κ2) is 7.62. The van der Waals surface area contributed by atoms with E-state index < -0.39 is 0 Å². The van der Waals surface area contributed by atoms with Gasteiger partial charge in [0, 0.05) is 17.3 Å². The number of aromatic nitrogens is 2. The van der Waals surface area contributed by atoms with Crippen molar-refractivity contribution in [2.24, 2.45) is 0 Å². The van der Waals surface area contributed by atoms with E-state index in [4.69, 9.17) is 15.0 Å². The number of esters is 1. The van der Waals surface area contributed by atoms with E-state index in [1.165, 1.54) is 0 Å². The number of hydrogen-bond donors (Lipinski definition) is 2. The zero-order chi connectivity index (χ0) is 16.8. The topological polar surface area (TPSA) is 103 Å². The normalized spacial score (nSPS) is 10.6. The lowest BCUT2D eigenvalue weighted by atomic mass is 10.1. The summed E-state index contributed by atoms with van der Waals surface area (Å²) in [7, 11) is 0. The highest BCUT2D eigenvalue weighted by Crippen LogP contribution is 2.29. The highest BCUT2D eigenvalue weighted by molar-refractivity contribution is 5.78. The first-order chi connectivity index (χ1) is 11.0. The van der Waals surface area contributed by atoms with Gasteiger partial charge in [0.15, 0.2) is 0 Å². The van der Waals surface area contributed by atoms with Gasteiger partial charge in [0.1, 0.15) is 18.1 Å². The fraction of sp³-hybridized carbons (Fsp3) is 0.438. The molecule has 7 nitrogen and oxygen atoms in total. The predicted molar refractivity (Wildman–Crippen MR) is 88.0 cm³/mol. The Kier molecular flexibility index (Phi) is 5.56. The molecule has 0 aliphatic rings. The molecule has 0 spiro atoms. The molecule has 0 amide bonds. The third kappa shape index (κ3) is 4.21. The second-order valence-electron chi connectivity index (χ2n) is 5.29. The summed E-state index contributed by atoms with van der Waals surface area (Å²) >= 11 is 0. The number of nitrogens with one attached hydrogen (secondary N) is 1. The third-order valence-electron chi connectivity index (χ3n) is 3.40. The maximum Gasteiger partial charge on any atom is 0.325 e. The van der Waals surface area contributed by atoms with Gasteiger partial charge in [-0.3, -0.25) is 4.79 Å². The first-order valence-electron chi connectivity index (χ1n) is 7.61. The van der Waals surface area contributed by atoms with Crippen molar-refractivity contribution in [3.63, 3.8) is 0 Å². The number of unbranched alkanes of at least 4 members (excludes halogenated alkanes) is 1. The van der Waals surface area contributed by atoms with Gasteiger partial charge in [-0.2, -0.15) is 0 Å². The van der Waals surface area contributed by atoms with Gasteiger partial charge in [-0.1, -0.05) is 18.5 Å². The molecule has 0 aromatic carbocycles. The Balaban J connectivity index is 2.01. The van der Waals surface area contributed by atoms with Gasteiger partial charge >= 0.3 is 5.97 Å². The lowest BCUT2D eigenvalue weighted by Gasteiger charge is -2.10. The third-order valence-corrected chi connectivity index (χ3v) is 3.40. The number of nitrogens with two attached hydrogens (primary N) is 1. The van der Waals surface area contributed by atoms with Crippen LogP contribution in [0.2, 0.25) is 0 Å². The molecular weight excluding hydrogens is 296 g/mol. The Morgan fingerprint density at radius 2 is 2.22 bits per heavy atom. The van der Waals surface area contributed by atoms with E-state index in [9.17, 15) is 4.79 Å². The maximum atomic E-state index is 11.6. The largest absolute Gasteiger partial charge is 0.464 e. The molecule has 2 aromatic rings. The summed E-state index contributed by atoms with van der Waals surface area (Å²) < 4.78 is 10.2. The molecule has 0 saturated carbocycles. The minimum Gasteiger partial charge on any atom is -0.464 e. The molecule has 7 heteroatoms. The van der Waals surface area contributed by atoms with Crippen molar-refractivity contribution in [2.75, 3.05) is 24.2 Å². The van der Waals surface area contributed by atoms with Crippen LogP contribution in [0, 0.1) is 13.8 Å². The zero-order valence-corrected chi connectivity index (χ0v) is 13.7. The van der Waals surface area contributed by atoms with Crippen LogP contribution in [0.5, 0.6) is 0 Å². The van der Waals surface area contributed by atoms with Gasteiger partial charge in [0.05, 0.1) is 18.0 Å². The SMILES string of the molecule is CCCCOC(=O)CNc1ncc(-c2c(C)noc2C)cc1N. The van der Waals surface area contributed by atoms with Crippen LogP contribution >= 0.6 is 0 Å². The van der Waals surface area contributed by atoms with Crippen molar-refractivity contribution in [1.82, 2.24) is 10.1 Å². The van der Waals surface area contributed by atoms with Crippen LogP contribution in [0.15, 0.2) is 16.8 Å². The van der Waals surface area contributed by atoms with Crippen molar-refractivity contribution in [3.8, 4) is 11.1 Å². The Bertz CT molecular complexity index is 662. The van der Waals surface area contributed by atoms with E-state index in [-0.39, 0.29) is 12.5 Å². The summed E-state index contributed by atoms with van der Waals surface area (Å²) in [5.74, 6) is 0.839. The number of carbonyl (C=O) groups excluding carboxylic acids is 1. The van der Waals surface area contributed by atoms with Crippen molar-refractivity contribution in [3.05, 3.63) is 23.7 Å². The van der Waals surface area contributed by atoms with E-state index in [0.717, 1.165) is 29.7 Å². The van der Waals surface area contributed by atoms with E-state index in [1.54, 1.807) is 12.3 Å². The number of hydrogen-bond acceptors (Lipinski definition) is 7. The first kappa shape index (κ1) is 16.8. The van der Waals surface area contributed by atoms with Crippen LogP contribution in [0.4, 0.5) is 11.5 Å². The van der Waals surface area contributed by atoms with Gasteiger partial charge in [-0.25, -0.2) is 4.98 Å². The van der Waals surface area contributed by atoms with Gasteiger partial charge < -0.3 is 20.3 Å². The Hall–Kier alpha value is -2.57. The molecule has 23 heavy (non-hydrogen) atoms. The summed E-state index contributed by atoms with van der Waals surface area (Å²) in [6.45, 7) is 6.21. The molecule has 0 radical (unpaired) electrons. The van der Waals surface area contributed by atoms with Gasteiger partial charge in [0.25, 0.3) is 0 Å². The summed E-state index contributed by atoms with van der Waals surface area (Å²) in [6, 6.07) is 1.78. The van der Waals surface area contributed by atoms with Crippen LogP contribution in [0.25, 0.3) is 11.1 Å². The predicted octanol–water partition coefficient (Wildman–Crippen LogP) is 2.69.